The van der Waals surface area contributed by atoms with E-state index in [1.54, 1.807) is 39.3 Å². The van der Waals surface area contributed by atoms with Gasteiger partial charge >= 0.3 is 22.3 Å². The third-order valence-corrected chi connectivity index (χ3v) is 2.93. The lowest BCUT2D eigenvalue weighted by Gasteiger charge is -2.27. The third-order valence-electron chi connectivity index (χ3n) is 1.95. The molecule has 1 amide bonds. The van der Waals surface area contributed by atoms with Crippen LogP contribution >= 0.6 is 0 Å². The first-order chi connectivity index (χ1) is 8.35. The Balaban J connectivity index is 4.85. The minimum atomic E-state index is -4.31. The molecule has 0 aromatic heterocycles. The summed E-state index contributed by atoms with van der Waals surface area (Å²) in [6, 6.07) is -1.38. The quantitative estimate of drug-likeness (QED) is 0.677. The molecule has 0 saturated heterocycles. The van der Waals surface area contributed by atoms with Gasteiger partial charge in [-0.3, -0.25) is 4.79 Å². The summed E-state index contributed by atoms with van der Waals surface area (Å²) in [7, 11) is -4.31. The molecule has 0 aromatic carbocycles. The van der Waals surface area contributed by atoms with Crippen LogP contribution in [0.5, 0.6) is 0 Å². The Hall–Kier alpha value is -1.35. The van der Waals surface area contributed by atoms with Crippen LogP contribution in [-0.4, -0.2) is 37.7 Å². The number of rotatable bonds is 5. The molecule has 0 rings (SSSR count). The molecule has 0 aliphatic rings. The standard InChI is InChI=1S/C10H20N2O6S/c1-6(2)18-9(15)12-19(16,17)11-7(8(13)14)10(3,4)5/h6-7,11H,1-5H3,(H,12,15)(H,13,14). The van der Waals surface area contributed by atoms with Crippen molar-refractivity contribution < 1.29 is 27.9 Å². The van der Waals surface area contributed by atoms with Gasteiger partial charge in [0.1, 0.15) is 6.04 Å². The first-order valence-corrected chi connectivity index (χ1v) is 7.07. The number of amides is 1. The van der Waals surface area contributed by atoms with Crippen molar-refractivity contribution in [3.63, 3.8) is 0 Å². The molecule has 0 spiro atoms. The molecular formula is C10H20N2O6S. The molecule has 8 nitrogen and oxygen atoms in total. The molecule has 0 radical (unpaired) electrons. The van der Waals surface area contributed by atoms with Gasteiger partial charge in [-0.2, -0.15) is 13.1 Å². The molecule has 3 N–H and O–H groups in total. The SMILES string of the molecule is CC(C)OC(=O)NS(=O)(=O)NC(C(=O)O)C(C)(C)C. The second-order valence-electron chi connectivity index (χ2n) is 5.31. The summed E-state index contributed by atoms with van der Waals surface area (Å²) in [6.45, 7) is 7.77. The summed E-state index contributed by atoms with van der Waals surface area (Å²) in [6.07, 6.45) is -1.66. The van der Waals surface area contributed by atoms with Crippen molar-refractivity contribution in [3.8, 4) is 0 Å². The van der Waals surface area contributed by atoms with Crippen LogP contribution in [0.2, 0.25) is 0 Å². The summed E-state index contributed by atoms with van der Waals surface area (Å²) < 4.78 is 31.3. The van der Waals surface area contributed by atoms with Gasteiger partial charge in [-0.25, -0.2) is 9.52 Å². The number of nitrogens with one attached hydrogen (secondary N) is 2. The Bertz CT molecular complexity index is 437. The Morgan fingerprint density at radius 3 is 2.00 bits per heavy atom. The highest BCUT2D eigenvalue weighted by Crippen LogP contribution is 2.19. The van der Waals surface area contributed by atoms with Crippen LogP contribution in [0.4, 0.5) is 4.79 Å². The van der Waals surface area contributed by atoms with E-state index in [0.717, 1.165) is 0 Å². The molecular weight excluding hydrogens is 276 g/mol. The molecule has 0 aromatic rings. The fourth-order valence-electron chi connectivity index (χ4n) is 1.13. The monoisotopic (exact) mass is 296 g/mol. The summed E-state index contributed by atoms with van der Waals surface area (Å²) in [5.41, 5.74) is -0.859. The fourth-order valence-corrected chi connectivity index (χ4v) is 2.22. The van der Waals surface area contributed by atoms with E-state index in [2.05, 4.69) is 4.74 Å². The highest BCUT2D eigenvalue weighted by Gasteiger charge is 2.35. The van der Waals surface area contributed by atoms with Crippen molar-refractivity contribution in [2.24, 2.45) is 5.41 Å². The van der Waals surface area contributed by atoms with Crippen LogP contribution in [0, 0.1) is 5.41 Å². The van der Waals surface area contributed by atoms with Crippen molar-refractivity contribution in [3.05, 3.63) is 0 Å². The van der Waals surface area contributed by atoms with Crippen LogP contribution in [0.3, 0.4) is 0 Å². The van der Waals surface area contributed by atoms with Crippen molar-refractivity contribution in [2.75, 3.05) is 0 Å². The van der Waals surface area contributed by atoms with Crippen molar-refractivity contribution in [1.29, 1.82) is 0 Å². The van der Waals surface area contributed by atoms with Gasteiger partial charge in [0.05, 0.1) is 6.10 Å². The van der Waals surface area contributed by atoms with Gasteiger partial charge < -0.3 is 9.84 Å². The zero-order valence-corrected chi connectivity index (χ0v) is 12.4. The molecule has 0 heterocycles. The van der Waals surface area contributed by atoms with Crippen molar-refractivity contribution in [1.82, 2.24) is 9.44 Å². The zero-order valence-electron chi connectivity index (χ0n) is 11.6. The smallest absolute Gasteiger partial charge is 0.422 e. The molecule has 19 heavy (non-hydrogen) atoms. The average Bonchev–Trinajstić information content (AvgIpc) is 2.09. The summed E-state index contributed by atoms with van der Waals surface area (Å²) in [5.74, 6) is -1.34. The van der Waals surface area contributed by atoms with Gasteiger partial charge in [-0.1, -0.05) is 20.8 Å². The Kier molecular flexibility index (Phi) is 5.76. The Morgan fingerprint density at radius 1 is 1.21 bits per heavy atom. The lowest BCUT2D eigenvalue weighted by Crippen LogP contribution is -2.53. The van der Waals surface area contributed by atoms with E-state index in [-0.39, 0.29) is 0 Å². The maximum Gasteiger partial charge on any atom is 0.422 e. The van der Waals surface area contributed by atoms with Crippen LogP contribution in [0.25, 0.3) is 0 Å². The highest BCUT2D eigenvalue weighted by atomic mass is 32.2. The van der Waals surface area contributed by atoms with Gasteiger partial charge in [0.2, 0.25) is 0 Å². The molecule has 0 saturated carbocycles. The summed E-state index contributed by atoms with van der Waals surface area (Å²) in [4.78, 5) is 22.2. The molecule has 1 atom stereocenters. The molecule has 0 aliphatic heterocycles. The highest BCUT2D eigenvalue weighted by molar-refractivity contribution is 7.88. The van der Waals surface area contributed by atoms with E-state index in [9.17, 15) is 18.0 Å². The number of hydrogen-bond donors (Lipinski definition) is 3. The first-order valence-electron chi connectivity index (χ1n) is 5.58. The average molecular weight is 296 g/mol. The molecule has 0 bridgehead atoms. The normalized spacial score (nSPS) is 14.0. The van der Waals surface area contributed by atoms with Gasteiger partial charge in [0, 0.05) is 0 Å². The predicted molar refractivity (Wildman–Crippen MR) is 67.7 cm³/mol. The van der Waals surface area contributed by atoms with Gasteiger partial charge in [-0.15, -0.1) is 0 Å². The molecule has 112 valence electrons. The summed E-state index contributed by atoms with van der Waals surface area (Å²) in [5, 5.41) is 8.98. The van der Waals surface area contributed by atoms with E-state index < -0.39 is 39.8 Å². The topological polar surface area (TPSA) is 122 Å². The maximum atomic E-state index is 11.6. The summed E-state index contributed by atoms with van der Waals surface area (Å²) >= 11 is 0. The number of carboxylic acids is 1. The molecule has 9 heteroatoms. The largest absolute Gasteiger partial charge is 0.480 e. The van der Waals surface area contributed by atoms with Crippen LogP contribution < -0.4 is 9.44 Å². The Labute approximate surface area is 112 Å². The zero-order chi connectivity index (χ0) is 15.4. The minimum absolute atomic E-state index is 0.493. The van der Waals surface area contributed by atoms with Gasteiger partial charge in [-0.05, 0) is 19.3 Å². The van der Waals surface area contributed by atoms with Gasteiger partial charge in [0.15, 0.2) is 0 Å². The number of hydrogen-bond acceptors (Lipinski definition) is 5. The van der Waals surface area contributed by atoms with Crippen molar-refractivity contribution in [2.45, 2.75) is 46.8 Å². The number of ether oxygens (including phenoxy) is 1. The second-order valence-corrected chi connectivity index (χ2v) is 6.76. The van der Waals surface area contributed by atoms with Crippen LogP contribution in [0.1, 0.15) is 34.6 Å². The molecule has 1 unspecified atom stereocenters. The third kappa shape index (κ3) is 6.97. The van der Waals surface area contributed by atoms with Gasteiger partial charge in [0.25, 0.3) is 0 Å². The predicted octanol–water partition coefficient (Wildman–Crippen LogP) is 0.455. The van der Waals surface area contributed by atoms with E-state index >= 15 is 0 Å². The van der Waals surface area contributed by atoms with E-state index in [1.165, 1.54) is 0 Å². The van der Waals surface area contributed by atoms with Crippen molar-refractivity contribution >= 4 is 22.3 Å². The Morgan fingerprint density at radius 2 is 1.68 bits per heavy atom. The van der Waals surface area contributed by atoms with Crippen LogP contribution in [0.15, 0.2) is 0 Å². The maximum absolute atomic E-state index is 11.6. The molecule has 0 aliphatic carbocycles. The fraction of sp³-hybridized carbons (Fsp3) is 0.800. The lowest BCUT2D eigenvalue weighted by atomic mass is 9.88. The second kappa shape index (κ2) is 6.20. The van der Waals surface area contributed by atoms with E-state index in [0.29, 0.717) is 0 Å². The minimum Gasteiger partial charge on any atom is -0.480 e. The molecule has 0 fully saturated rings. The van der Waals surface area contributed by atoms with Crippen LogP contribution in [-0.2, 0) is 19.7 Å². The van der Waals surface area contributed by atoms with E-state index in [1.807, 2.05) is 4.72 Å². The number of carboxylic acid groups (broad SMARTS) is 1. The van der Waals surface area contributed by atoms with E-state index in [4.69, 9.17) is 5.11 Å². The number of carbonyl (C=O) groups excluding carboxylic acids is 1. The number of aliphatic carboxylic acids is 1. The number of carbonyl (C=O) groups is 2. The lowest BCUT2D eigenvalue weighted by molar-refractivity contribution is -0.141. The first kappa shape index (κ1) is 17.6.